The molecule has 144 valence electrons. The SMILES string of the molecule is Cc1nc([C@@]23CCN(Cc4scnc4C)C[C@@H]2CN(C(=O)C2CC2)C3)n[nH]1. The summed E-state index contributed by atoms with van der Waals surface area (Å²) < 4.78 is 0. The number of carbonyl (C=O) groups is 1. The highest BCUT2D eigenvalue weighted by Gasteiger charge is 2.55. The van der Waals surface area contributed by atoms with Crippen LogP contribution in [0.25, 0.3) is 0 Å². The first-order chi connectivity index (χ1) is 13.0. The summed E-state index contributed by atoms with van der Waals surface area (Å²) in [6.07, 6.45) is 3.12. The Hall–Kier alpha value is -1.80. The second kappa shape index (κ2) is 6.38. The third-order valence-corrected chi connectivity index (χ3v) is 7.46. The monoisotopic (exact) mass is 386 g/mol. The van der Waals surface area contributed by atoms with Gasteiger partial charge in [-0.2, -0.15) is 5.10 Å². The molecule has 1 saturated carbocycles. The first-order valence-corrected chi connectivity index (χ1v) is 10.7. The van der Waals surface area contributed by atoms with Gasteiger partial charge in [0, 0.05) is 42.9 Å². The van der Waals surface area contributed by atoms with E-state index in [4.69, 9.17) is 4.98 Å². The molecule has 2 aromatic heterocycles. The summed E-state index contributed by atoms with van der Waals surface area (Å²) in [5, 5.41) is 7.56. The van der Waals surface area contributed by atoms with Crippen LogP contribution in [0.3, 0.4) is 0 Å². The summed E-state index contributed by atoms with van der Waals surface area (Å²) in [6.45, 7) is 8.59. The van der Waals surface area contributed by atoms with Gasteiger partial charge < -0.3 is 4.90 Å². The maximum Gasteiger partial charge on any atom is 0.225 e. The van der Waals surface area contributed by atoms with Crippen LogP contribution in [0, 0.1) is 25.7 Å². The Labute approximate surface area is 163 Å². The summed E-state index contributed by atoms with van der Waals surface area (Å²) in [5.74, 6) is 2.77. The van der Waals surface area contributed by atoms with Gasteiger partial charge in [-0.05, 0) is 39.7 Å². The molecule has 1 aliphatic carbocycles. The normalized spacial score (nSPS) is 28.5. The fourth-order valence-electron chi connectivity index (χ4n) is 4.76. The third kappa shape index (κ3) is 2.99. The predicted octanol–water partition coefficient (Wildman–Crippen LogP) is 1.89. The van der Waals surface area contributed by atoms with Gasteiger partial charge in [-0.25, -0.2) is 9.97 Å². The Morgan fingerprint density at radius 2 is 2.22 bits per heavy atom. The first kappa shape index (κ1) is 17.3. The van der Waals surface area contributed by atoms with Crippen molar-refractivity contribution in [2.75, 3.05) is 26.2 Å². The van der Waals surface area contributed by atoms with E-state index in [0.717, 1.165) is 69.3 Å². The summed E-state index contributed by atoms with van der Waals surface area (Å²) in [4.78, 5) is 27.8. The number of amides is 1. The van der Waals surface area contributed by atoms with Crippen LogP contribution in [0.15, 0.2) is 5.51 Å². The molecule has 0 unspecified atom stereocenters. The number of carbonyl (C=O) groups excluding carboxylic acids is 1. The molecule has 7 nitrogen and oxygen atoms in total. The molecule has 2 atom stereocenters. The lowest BCUT2D eigenvalue weighted by atomic mass is 9.72. The average Bonchev–Trinajstić information content (AvgIpc) is 3.10. The van der Waals surface area contributed by atoms with Crippen molar-refractivity contribution in [1.82, 2.24) is 30.0 Å². The van der Waals surface area contributed by atoms with Crippen molar-refractivity contribution in [2.24, 2.45) is 11.8 Å². The minimum absolute atomic E-state index is 0.103. The maximum atomic E-state index is 12.8. The molecule has 2 aromatic rings. The Bertz CT molecular complexity index is 858. The average molecular weight is 387 g/mol. The highest BCUT2D eigenvalue weighted by molar-refractivity contribution is 7.09. The number of piperidine rings is 1. The number of fused-ring (bicyclic) bond motifs is 1. The molecule has 5 rings (SSSR count). The number of nitrogens with zero attached hydrogens (tertiary/aromatic N) is 5. The molecule has 2 aliphatic heterocycles. The van der Waals surface area contributed by atoms with Crippen molar-refractivity contribution in [3.8, 4) is 0 Å². The number of hydrogen-bond acceptors (Lipinski definition) is 6. The van der Waals surface area contributed by atoms with Gasteiger partial charge in [0.2, 0.25) is 5.91 Å². The van der Waals surface area contributed by atoms with Crippen LogP contribution in [0.5, 0.6) is 0 Å². The van der Waals surface area contributed by atoms with Gasteiger partial charge in [0.1, 0.15) is 5.82 Å². The first-order valence-electron chi connectivity index (χ1n) is 9.85. The maximum absolute atomic E-state index is 12.8. The number of aromatic amines is 1. The molecule has 0 radical (unpaired) electrons. The molecule has 27 heavy (non-hydrogen) atoms. The molecule has 2 saturated heterocycles. The van der Waals surface area contributed by atoms with E-state index < -0.39 is 0 Å². The van der Waals surface area contributed by atoms with Gasteiger partial charge in [0.25, 0.3) is 0 Å². The quantitative estimate of drug-likeness (QED) is 0.868. The molecular weight excluding hydrogens is 360 g/mol. The number of aromatic nitrogens is 4. The van der Waals surface area contributed by atoms with Gasteiger partial charge in [-0.3, -0.25) is 14.8 Å². The van der Waals surface area contributed by atoms with Crippen LogP contribution in [0.2, 0.25) is 0 Å². The lowest BCUT2D eigenvalue weighted by Crippen LogP contribution is -2.49. The standard InChI is InChI=1S/C19H26N6OS/c1-12-16(27-11-20-12)9-24-6-5-19(18-21-13(2)22-23-18)10-25(8-15(19)7-24)17(26)14-3-4-14/h11,14-15H,3-10H2,1-2H3,(H,21,22,23)/t15-,19-/m1/s1. The van der Waals surface area contributed by atoms with Crippen molar-refractivity contribution < 1.29 is 4.79 Å². The van der Waals surface area contributed by atoms with Crippen LogP contribution in [-0.4, -0.2) is 62.1 Å². The van der Waals surface area contributed by atoms with Gasteiger partial charge >= 0.3 is 0 Å². The zero-order valence-electron chi connectivity index (χ0n) is 15.9. The number of nitrogens with one attached hydrogen (secondary N) is 1. The number of H-pyrrole nitrogens is 1. The van der Waals surface area contributed by atoms with E-state index in [0.29, 0.717) is 11.8 Å². The fourth-order valence-corrected chi connectivity index (χ4v) is 5.58. The zero-order chi connectivity index (χ0) is 18.6. The summed E-state index contributed by atoms with van der Waals surface area (Å²) >= 11 is 1.74. The minimum Gasteiger partial charge on any atom is -0.341 e. The fraction of sp³-hybridized carbons (Fsp3) is 0.684. The van der Waals surface area contributed by atoms with Gasteiger partial charge in [-0.15, -0.1) is 11.3 Å². The van der Waals surface area contributed by atoms with Gasteiger partial charge in [0.05, 0.1) is 16.6 Å². The van der Waals surface area contributed by atoms with Crippen molar-refractivity contribution in [2.45, 2.75) is 45.1 Å². The largest absolute Gasteiger partial charge is 0.341 e. The van der Waals surface area contributed by atoms with E-state index in [1.807, 2.05) is 12.4 Å². The highest BCUT2D eigenvalue weighted by atomic mass is 32.1. The zero-order valence-corrected chi connectivity index (χ0v) is 16.8. The molecule has 4 heterocycles. The Morgan fingerprint density at radius 1 is 1.37 bits per heavy atom. The Kier molecular flexibility index (Phi) is 4.09. The van der Waals surface area contributed by atoms with Crippen LogP contribution in [-0.2, 0) is 16.8 Å². The van der Waals surface area contributed by atoms with E-state index in [1.165, 1.54) is 4.88 Å². The minimum atomic E-state index is -0.103. The lowest BCUT2D eigenvalue weighted by Gasteiger charge is -2.41. The van der Waals surface area contributed by atoms with Crippen molar-refractivity contribution in [1.29, 1.82) is 0 Å². The van der Waals surface area contributed by atoms with E-state index in [-0.39, 0.29) is 11.3 Å². The van der Waals surface area contributed by atoms with Crippen LogP contribution in [0.4, 0.5) is 0 Å². The molecule has 8 heteroatoms. The Balaban J connectivity index is 1.40. The summed E-state index contributed by atoms with van der Waals surface area (Å²) in [6, 6.07) is 0. The number of thiazole rings is 1. The van der Waals surface area contributed by atoms with Crippen molar-refractivity contribution in [3.05, 3.63) is 27.7 Å². The second-order valence-electron chi connectivity index (χ2n) is 8.44. The molecule has 0 aromatic carbocycles. The highest BCUT2D eigenvalue weighted by Crippen LogP contribution is 2.46. The van der Waals surface area contributed by atoms with Crippen molar-refractivity contribution in [3.63, 3.8) is 0 Å². The van der Waals surface area contributed by atoms with Crippen LogP contribution < -0.4 is 0 Å². The van der Waals surface area contributed by atoms with Crippen LogP contribution >= 0.6 is 11.3 Å². The topological polar surface area (TPSA) is 78.0 Å². The van der Waals surface area contributed by atoms with Gasteiger partial charge in [-0.1, -0.05) is 0 Å². The number of aryl methyl sites for hydroxylation is 2. The molecule has 3 fully saturated rings. The van der Waals surface area contributed by atoms with Crippen molar-refractivity contribution >= 4 is 17.2 Å². The van der Waals surface area contributed by atoms with E-state index in [9.17, 15) is 4.79 Å². The van der Waals surface area contributed by atoms with Crippen LogP contribution in [0.1, 0.15) is 41.5 Å². The smallest absolute Gasteiger partial charge is 0.225 e. The molecule has 1 N–H and O–H groups in total. The molecule has 0 bridgehead atoms. The summed E-state index contributed by atoms with van der Waals surface area (Å²) in [7, 11) is 0. The molecule has 3 aliphatic rings. The lowest BCUT2D eigenvalue weighted by molar-refractivity contribution is -0.131. The summed E-state index contributed by atoms with van der Waals surface area (Å²) in [5.41, 5.74) is 2.97. The Morgan fingerprint density at radius 3 is 2.89 bits per heavy atom. The van der Waals surface area contributed by atoms with E-state index >= 15 is 0 Å². The number of likely N-dealkylation sites (tertiary alicyclic amines) is 2. The molecular formula is C19H26N6OS. The third-order valence-electron chi connectivity index (χ3n) is 6.54. The van der Waals surface area contributed by atoms with E-state index in [2.05, 4.69) is 31.9 Å². The predicted molar refractivity (Wildman–Crippen MR) is 102 cm³/mol. The number of hydrogen-bond donors (Lipinski definition) is 1. The number of rotatable bonds is 4. The molecule has 1 amide bonds. The molecule has 0 spiro atoms. The van der Waals surface area contributed by atoms with Gasteiger partial charge in [0.15, 0.2) is 5.82 Å². The second-order valence-corrected chi connectivity index (χ2v) is 9.38. The van der Waals surface area contributed by atoms with E-state index in [1.54, 1.807) is 11.3 Å².